The van der Waals surface area contributed by atoms with Crippen LogP contribution in [0, 0.1) is 6.08 Å². The van der Waals surface area contributed by atoms with Crippen LogP contribution in [0.15, 0.2) is 41.7 Å². The van der Waals surface area contributed by atoms with Crippen LogP contribution in [-0.2, 0) is 5.75 Å². The average Bonchev–Trinajstić information content (AvgIpc) is 2.85. The number of aromatic amines is 1. The third kappa shape index (κ3) is 2.19. The highest BCUT2D eigenvalue weighted by molar-refractivity contribution is 7.98. The molecule has 18 heavy (non-hydrogen) atoms. The fourth-order valence-electron chi connectivity index (χ4n) is 1.61. The Labute approximate surface area is 107 Å². The van der Waals surface area contributed by atoms with E-state index in [2.05, 4.69) is 19.9 Å². The first-order chi connectivity index (χ1) is 8.83. The minimum Gasteiger partial charge on any atom is -0.329 e. The zero-order valence-corrected chi connectivity index (χ0v) is 10.1. The summed E-state index contributed by atoms with van der Waals surface area (Å²) in [5.74, 6) is 0.721. The normalized spacial score (nSPS) is 10.9. The molecule has 90 valence electrons. The van der Waals surface area contributed by atoms with Gasteiger partial charge < -0.3 is 4.98 Å². The molecule has 1 aromatic carbocycles. The minimum absolute atomic E-state index is 0.429. The number of fused-ring (bicyclic) bond motifs is 1. The Bertz CT molecular complexity index is 668. The first-order valence-corrected chi connectivity index (χ1v) is 6.35. The van der Waals surface area contributed by atoms with Gasteiger partial charge in [-0.05, 0) is 5.56 Å². The van der Waals surface area contributed by atoms with Crippen molar-refractivity contribution < 1.29 is 4.39 Å². The number of aromatic nitrogens is 4. The van der Waals surface area contributed by atoms with Crippen molar-refractivity contribution in [1.82, 2.24) is 19.9 Å². The van der Waals surface area contributed by atoms with Crippen molar-refractivity contribution in [3.63, 3.8) is 0 Å². The maximum absolute atomic E-state index is 13.2. The first kappa shape index (κ1) is 11.2. The molecule has 3 aromatic rings. The van der Waals surface area contributed by atoms with Crippen molar-refractivity contribution in [2.24, 2.45) is 0 Å². The number of imidazole rings is 1. The molecule has 0 saturated heterocycles. The summed E-state index contributed by atoms with van der Waals surface area (Å²) in [6.07, 6.45) is 0.757. The van der Waals surface area contributed by atoms with Gasteiger partial charge in [-0.3, -0.25) is 0 Å². The molecule has 6 heteroatoms. The molecule has 0 fully saturated rings. The number of rotatable bonds is 3. The molecule has 3 rings (SSSR count). The van der Waals surface area contributed by atoms with Crippen LogP contribution < -0.4 is 0 Å². The molecule has 2 aromatic heterocycles. The standard InChI is InChI=1S/C12H9FN4S/c13-12-16-10-9(14-7-15-10)11(17-12)18-6-8-4-2-1-3-5-8/h1-5,7H,6H2,(H,14,15,16,17). The van der Waals surface area contributed by atoms with Gasteiger partial charge in [-0.2, -0.15) is 14.4 Å². The van der Waals surface area contributed by atoms with Crippen molar-refractivity contribution in [2.75, 3.05) is 0 Å². The quantitative estimate of drug-likeness (QED) is 0.447. The van der Waals surface area contributed by atoms with Crippen LogP contribution >= 0.6 is 11.8 Å². The second-order valence-electron chi connectivity index (χ2n) is 3.67. The molecule has 0 saturated carbocycles. The number of hydrogen-bond donors (Lipinski definition) is 1. The Balaban J connectivity index is 1.88. The number of nitrogens with one attached hydrogen (secondary N) is 1. The van der Waals surface area contributed by atoms with Crippen molar-refractivity contribution in [3.8, 4) is 0 Å². The minimum atomic E-state index is -0.734. The van der Waals surface area contributed by atoms with E-state index in [1.807, 2.05) is 30.3 Å². The van der Waals surface area contributed by atoms with Crippen molar-refractivity contribution in [1.29, 1.82) is 0 Å². The Hall–Kier alpha value is -1.95. The second-order valence-corrected chi connectivity index (χ2v) is 4.64. The summed E-state index contributed by atoms with van der Waals surface area (Å²) < 4.78 is 13.2. The molecule has 4 nitrogen and oxygen atoms in total. The molecule has 0 aliphatic heterocycles. The van der Waals surface area contributed by atoms with Gasteiger partial charge in [0.15, 0.2) is 5.65 Å². The smallest absolute Gasteiger partial charge is 0.311 e. The summed E-state index contributed by atoms with van der Waals surface area (Å²) in [6, 6.07) is 9.95. The summed E-state index contributed by atoms with van der Waals surface area (Å²) in [5.41, 5.74) is 2.19. The van der Waals surface area contributed by atoms with Crippen LogP contribution in [0.5, 0.6) is 0 Å². The van der Waals surface area contributed by atoms with Gasteiger partial charge in [-0.1, -0.05) is 42.1 Å². The molecular formula is C12H9FN4S. The average molecular weight is 260 g/mol. The van der Waals surface area contributed by atoms with Crippen molar-refractivity contribution in [3.05, 3.63) is 48.3 Å². The Morgan fingerprint density at radius 2 is 2.00 bits per heavy atom. The van der Waals surface area contributed by atoms with Gasteiger partial charge in [0.05, 0.1) is 6.33 Å². The topological polar surface area (TPSA) is 54.5 Å². The summed E-state index contributed by atoms with van der Waals surface area (Å²) in [6.45, 7) is 0. The number of thioether (sulfide) groups is 1. The largest absolute Gasteiger partial charge is 0.329 e. The summed E-state index contributed by atoms with van der Waals surface area (Å²) in [7, 11) is 0. The Morgan fingerprint density at radius 1 is 1.17 bits per heavy atom. The molecule has 2 heterocycles. The first-order valence-electron chi connectivity index (χ1n) is 5.36. The van der Waals surface area contributed by atoms with Gasteiger partial charge in [0.1, 0.15) is 10.5 Å². The summed E-state index contributed by atoms with van der Waals surface area (Å²) in [5, 5.41) is 0.558. The van der Waals surface area contributed by atoms with Crippen LogP contribution in [0.4, 0.5) is 4.39 Å². The van der Waals surface area contributed by atoms with E-state index in [1.54, 1.807) is 0 Å². The number of nitrogens with zero attached hydrogens (tertiary/aromatic N) is 3. The fraction of sp³-hybridized carbons (Fsp3) is 0.0833. The van der Waals surface area contributed by atoms with Crippen molar-refractivity contribution in [2.45, 2.75) is 10.8 Å². The molecule has 0 amide bonds. The van der Waals surface area contributed by atoms with Gasteiger partial charge in [0, 0.05) is 5.75 Å². The van der Waals surface area contributed by atoms with E-state index in [0.717, 1.165) is 11.3 Å². The molecular weight excluding hydrogens is 251 g/mol. The van der Waals surface area contributed by atoms with Gasteiger partial charge in [-0.25, -0.2) is 4.98 Å². The SMILES string of the molecule is Fc1nc(SCc2ccccc2)c2nc[nH]c2n1. The highest BCUT2D eigenvalue weighted by atomic mass is 32.2. The van der Waals surface area contributed by atoms with Gasteiger partial charge in [-0.15, -0.1) is 0 Å². The molecule has 0 spiro atoms. The lowest BCUT2D eigenvalue weighted by molar-refractivity contribution is 0.533. The number of benzene rings is 1. The Morgan fingerprint density at radius 3 is 2.83 bits per heavy atom. The lowest BCUT2D eigenvalue weighted by Crippen LogP contribution is -1.93. The molecule has 0 aliphatic carbocycles. The van der Waals surface area contributed by atoms with Crippen LogP contribution in [0.1, 0.15) is 5.56 Å². The highest BCUT2D eigenvalue weighted by Gasteiger charge is 2.10. The van der Waals surface area contributed by atoms with Gasteiger partial charge in [0.2, 0.25) is 0 Å². The van der Waals surface area contributed by atoms with Crippen LogP contribution in [0.25, 0.3) is 11.2 Å². The lowest BCUT2D eigenvalue weighted by atomic mass is 10.2. The number of H-pyrrole nitrogens is 1. The van der Waals surface area contributed by atoms with E-state index in [9.17, 15) is 4.39 Å². The number of hydrogen-bond acceptors (Lipinski definition) is 4. The summed E-state index contributed by atoms with van der Waals surface area (Å²) >= 11 is 1.45. The zero-order valence-electron chi connectivity index (χ0n) is 9.30. The maximum atomic E-state index is 13.2. The molecule has 0 bridgehead atoms. The fourth-order valence-corrected chi connectivity index (χ4v) is 2.53. The van der Waals surface area contributed by atoms with E-state index in [1.165, 1.54) is 18.1 Å². The van der Waals surface area contributed by atoms with Gasteiger partial charge in [0.25, 0.3) is 0 Å². The zero-order chi connectivity index (χ0) is 12.4. The molecule has 0 atom stereocenters. The third-order valence-electron chi connectivity index (χ3n) is 2.44. The molecule has 0 aliphatic rings. The Kier molecular flexibility index (Phi) is 2.93. The highest BCUT2D eigenvalue weighted by Crippen LogP contribution is 2.25. The molecule has 0 unspecified atom stereocenters. The molecule has 1 N–H and O–H groups in total. The van der Waals surface area contributed by atoms with E-state index in [0.29, 0.717) is 16.2 Å². The van der Waals surface area contributed by atoms with Gasteiger partial charge >= 0.3 is 6.08 Å². The van der Waals surface area contributed by atoms with E-state index in [4.69, 9.17) is 0 Å². The second kappa shape index (κ2) is 4.73. The predicted octanol–water partition coefficient (Wildman–Crippen LogP) is 2.78. The monoisotopic (exact) mass is 260 g/mol. The van der Waals surface area contributed by atoms with E-state index in [-0.39, 0.29) is 0 Å². The lowest BCUT2D eigenvalue weighted by Gasteiger charge is -2.01. The van der Waals surface area contributed by atoms with Crippen LogP contribution in [0.3, 0.4) is 0 Å². The predicted molar refractivity (Wildman–Crippen MR) is 67.6 cm³/mol. The third-order valence-corrected chi connectivity index (χ3v) is 3.47. The van der Waals surface area contributed by atoms with Crippen molar-refractivity contribution >= 4 is 22.9 Å². The summed E-state index contributed by atoms with van der Waals surface area (Å²) in [4.78, 5) is 14.3. The number of halogens is 1. The van der Waals surface area contributed by atoms with Crippen LogP contribution in [0.2, 0.25) is 0 Å². The van der Waals surface area contributed by atoms with Crippen LogP contribution in [-0.4, -0.2) is 19.9 Å². The molecule has 0 radical (unpaired) electrons. The van der Waals surface area contributed by atoms with E-state index >= 15 is 0 Å². The maximum Gasteiger partial charge on any atom is 0.311 e. The van der Waals surface area contributed by atoms with E-state index < -0.39 is 6.08 Å².